The third-order valence-corrected chi connectivity index (χ3v) is 6.90. The van der Waals surface area contributed by atoms with Gasteiger partial charge in [-0.1, -0.05) is 114 Å². The zero-order valence-corrected chi connectivity index (χ0v) is 25.2. The van der Waals surface area contributed by atoms with E-state index in [9.17, 15) is 0 Å². The molecule has 1 unspecified atom stereocenters. The molecule has 0 fully saturated rings. The number of hydrogen-bond donors (Lipinski definition) is 0. The van der Waals surface area contributed by atoms with Gasteiger partial charge in [-0.05, 0) is 41.7 Å². The molecular formula is C34H41NPt. The molecule has 0 radical (unpaired) electrons. The summed E-state index contributed by atoms with van der Waals surface area (Å²) in [4.78, 5) is 0. The Hall–Kier alpha value is -2.63. The second-order valence-corrected chi connectivity index (χ2v) is 8.62. The third-order valence-electron chi connectivity index (χ3n) is 6.90. The standard InChI is InChI=1S/C32H35N.C2H6.Pt/c1-6-26-27(7-2)30(9-4)33-22-16-21-29(32(33)28(26)8-3)23(5)31(24-17-12-10-13-18-24)25-19-14-11-15-20-25;1-2;/h6,8,10-22,30H,7,9H2,1-5H3;1-2H3;/b26-6-,28-8+;;. The van der Waals surface area contributed by atoms with E-state index >= 15 is 0 Å². The molecule has 0 saturated heterocycles. The van der Waals surface area contributed by atoms with E-state index < -0.39 is 0 Å². The Morgan fingerprint density at radius 2 is 1.39 bits per heavy atom. The molecule has 2 heteroatoms. The number of rotatable bonds is 5. The zero-order valence-electron chi connectivity index (χ0n) is 22.9. The van der Waals surface area contributed by atoms with Gasteiger partial charge < -0.3 is 0 Å². The second kappa shape index (κ2) is 14.2. The Bertz CT molecular complexity index is 1160. The summed E-state index contributed by atoms with van der Waals surface area (Å²) in [7, 11) is 0. The number of aromatic nitrogens is 1. The van der Waals surface area contributed by atoms with Gasteiger partial charge >= 0.3 is 0 Å². The van der Waals surface area contributed by atoms with Crippen LogP contribution in [0.15, 0.2) is 96.7 Å². The number of hydrogen-bond acceptors (Lipinski definition) is 0. The first kappa shape index (κ1) is 29.6. The van der Waals surface area contributed by atoms with E-state index in [1.165, 1.54) is 50.6 Å². The van der Waals surface area contributed by atoms with Gasteiger partial charge in [0.25, 0.3) is 0 Å². The smallest absolute Gasteiger partial charge is 0.167 e. The minimum absolute atomic E-state index is 0. The summed E-state index contributed by atoms with van der Waals surface area (Å²) in [5.74, 6) is 1.54. The first-order chi connectivity index (χ1) is 17.2. The van der Waals surface area contributed by atoms with Crippen LogP contribution in [0.1, 0.15) is 89.7 Å². The van der Waals surface area contributed by atoms with Crippen LogP contribution < -0.4 is 4.57 Å². The molecule has 36 heavy (non-hydrogen) atoms. The Kier molecular flexibility index (Phi) is 11.7. The molecule has 1 aliphatic rings. The maximum absolute atomic E-state index is 2.52. The van der Waals surface area contributed by atoms with E-state index in [1.807, 2.05) is 13.8 Å². The summed E-state index contributed by atoms with van der Waals surface area (Å²) >= 11 is 0. The van der Waals surface area contributed by atoms with Crippen molar-refractivity contribution in [3.8, 4) is 0 Å². The Morgan fingerprint density at radius 3 is 1.83 bits per heavy atom. The van der Waals surface area contributed by atoms with Gasteiger partial charge in [0, 0.05) is 32.7 Å². The normalized spacial score (nSPS) is 16.5. The SMILES string of the molecule is C/C=C1\C(=C/C)c2c(C(C)=C(c3ccccc3)c3ccccc3)ccc[n+]2C(CC)[C-]1CC.CC.[Pt]. The van der Waals surface area contributed by atoms with Gasteiger partial charge in [-0.2, -0.15) is 11.6 Å². The predicted molar refractivity (Wildman–Crippen MR) is 153 cm³/mol. The summed E-state index contributed by atoms with van der Waals surface area (Å²) in [6.45, 7) is 15.2. The van der Waals surface area contributed by atoms with Gasteiger partial charge in [0.15, 0.2) is 11.9 Å². The summed E-state index contributed by atoms with van der Waals surface area (Å²) in [5.41, 5.74) is 10.5. The molecule has 0 amide bonds. The molecule has 0 spiro atoms. The largest absolute Gasteiger partial charge is 0.212 e. The molecule has 1 atom stereocenters. The average Bonchev–Trinajstić information content (AvgIpc) is 2.93. The molecule has 0 N–H and O–H groups in total. The van der Waals surface area contributed by atoms with Crippen LogP contribution in [0.3, 0.4) is 0 Å². The fraction of sp³-hybridized carbons (Fsp3) is 0.294. The molecule has 192 valence electrons. The summed E-state index contributed by atoms with van der Waals surface area (Å²) < 4.78 is 2.52. The topological polar surface area (TPSA) is 3.88 Å². The molecular weight excluding hydrogens is 617 g/mol. The van der Waals surface area contributed by atoms with Crippen LogP contribution in [0.5, 0.6) is 0 Å². The van der Waals surface area contributed by atoms with Crippen LogP contribution in [-0.2, 0) is 21.1 Å². The number of nitrogens with zero attached hydrogens (tertiary/aromatic N) is 1. The molecule has 1 nitrogen and oxygen atoms in total. The molecule has 3 aromatic rings. The van der Waals surface area contributed by atoms with Gasteiger partial charge in [0.1, 0.15) is 6.04 Å². The van der Waals surface area contributed by atoms with Crippen molar-refractivity contribution < 1.29 is 25.6 Å². The summed E-state index contributed by atoms with van der Waals surface area (Å²) in [5, 5.41) is 0. The van der Waals surface area contributed by atoms with Crippen molar-refractivity contribution in [2.45, 2.75) is 67.3 Å². The third kappa shape index (κ3) is 5.68. The molecule has 0 bridgehead atoms. The first-order valence-electron chi connectivity index (χ1n) is 13.2. The number of allylic oxidation sites excluding steroid dienone is 5. The summed E-state index contributed by atoms with van der Waals surface area (Å²) in [6.07, 6.45) is 9.04. The fourth-order valence-corrected chi connectivity index (χ4v) is 5.47. The minimum atomic E-state index is 0. The van der Waals surface area contributed by atoms with E-state index in [0.29, 0.717) is 6.04 Å². The van der Waals surface area contributed by atoms with E-state index in [2.05, 4.69) is 130 Å². The molecule has 0 aliphatic carbocycles. The molecule has 2 aromatic carbocycles. The van der Waals surface area contributed by atoms with Gasteiger partial charge in [-0.25, -0.2) is 4.57 Å². The van der Waals surface area contributed by atoms with E-state index in [0.717, 1.165) is 12.8 Å². The molecule has 1 aromatic heterocycles. The van der Waals surface area contributed by atoms with Crippen LogP contribution in [0.4, 0.5) is 0 Å². The van der Waals surface area contributed by atoms with Crippen molar-refractivity contribution in [2.75, 3.05) is 0 Å². The quantitative estimate of drug-likeness (QED) is 0.190. The first-order valence-corrected chi connectivity index (χ1v) is 13.2. The van der Waals surface area contributed by atoms with Crippen molar-refractivity contribution >= 4 is 16.7 Å². The van der Waals surface area contributed by atoms with Crippen molar-refractivity contribution in [3.05, 3.63) is 125 Å². The zero-order chi connectivity index (χ0) is 25.4. The van der Waals surface area contributed by atoms with Crippen molar-refractivity contribution in [1.82, 2.24) is 0 Å². The van der Waals surface area contributed by atoms with Gasteiger partial charge in [-0.3, -0.25) is 0 Å². The van der Waals surface area contributed by atoms with Crippen molar-refractivity contribution in [3.63, 3.8) is 0 Å². The van der Waals surface area contributed by atoms with E-state index in [-0.39, 0.29) is 21.1 Å². The maximum atomic E-state index is 2.52. The van der Waals surface area contributed by atoms with Crippen LogP contribution >= 0.6 is 0 Å². The van der Waals surface area contributed by atoms with Gasteiger partial charge in [0.05, 0.1) is 0 Å². The maximum Gasteiger partial charge on any atom is 0.167 e. The van der Waals surface area contributed by atoms with Crippen molar-refractivity contribution in [2.24, 2.45) is 0 Å². The Balaban J connectivity index is 0.00000148. The molecule has 4 rings (SSSR count). The molecule has 1 aliphatic heterocycles. The number of fused-ring (bicyclic) bond motifs is 1. The van der Waals surface area contributed by atoms with Crippen LogP contribution in [-0.4, -0.2) is 0 Å². The Morgan fingerprint density at radius 1 is 0.833 bits per heavy atom. The predicted octanol–water partition coefficient (Wildman–Crippen LogP) is 9.28. The van der Waals surface area contributed by atoms with E-state index in [4.69, 9.17) is 0 Å². The number of pyridine rings is 1. The summed E-state index contributed by atoms with van der Waals surface area (Å²) in [6, 6.07) is 26.5. The van der Waals surface area contributed by atoms with Gasteiger partial charge in [0.2, 0.25) is 0 Å². The second-order valence-electron chi connectivity index (χ2n) is 8.62. The van der Waals surface area contributed by atoms with Crippen LogP contribution in [0.2, 0.25) is 0 Å². The van der Waals surface area contributed by atoms with Crippen LogP contribution in [0, 0.1) is 5.92 Å². The van der Waals surface area contributed by atoms with E-state index in [1.54, 1.807) is 0 Å². The van der Waals surface area contributed by atoms with Crippen LogP contribution in [0.25, 0.3) is 16.7 Å². The monoisotopic (exact) mass is 658 g/mol. The van der Waals surface area contributed by atoms with Gasteiger partial charge in [-0.15, -0.1) is 12.0 Å². The average molecular weight is 659 g/mol. The minimum Gasteiger partial charge on any atom is -0.212 e. The molecule has 2 heterocycles. The number of benzene rings is 2. The Labute approximate surface area is 233 Å². The molecule has 0 saturated carbocycles. The van der Waals surface area contributed by atoms with Crippen molar-refractivity contribution in [1.29, 1.82) is 0 Å². The fourth-order valence-electron chi connectivity index (χ4n) is 5.47.